The molecule has 2 aliphatic rings. The predicted molar refractivity (Wildman–Crippen MR) is 71.8 cm³/mol. The molecule has 2 heterocycles. The van der Waals surface area contributed by atoms with Crippen molar-refractivity contribution in [1.29, 1.82) is 0 Å². The predicted octanol–water partition coefficient (Wildman–Crippen LogP) is 1.23. The molecule has 0 aliphatic carbocycles. The van der Waals surface area contributed by atoms with Crippen LogP contribution in [0.15, 0.2) is 0 Å². The van der Waals surface area contributed by atoms with Crippen molar-refractivity contribution in [2.24, 2.45) is 5.41 Å². The van der Waals surface area contributed by atoms with Gasteiger partial charge in [0, 0.05) is 13.1 Å². The van der Waals surface area contributed by atoms with Crippen LogP contribution in [-0.4, -0.2) is 47.6 Å². The summed E-state index contributed by atoms with van der Waals surface area (Å²) in [5, 5.41) is 12.7. The lowest BCUT2D eigenvalue weighted by Gasteiger charge is -2.41. The highest BCUT2D eigenvalue weighted by molar-refractivity contribution is 5.83. The molecule has 2 saturated heterocycles. The summed E-state index contributed by atoms with van der Waals surface area (Å²) in [6.45, 7) is 3.87. The molecule has 2 rings (SSSR count). The third-order valence-electron chi connectivity index (χ3n) is 4.63. The number of nitrogens with one attached hydrogen (secondary N) is 1. The molecule has 5 nitrogen and oxygen atoms in total. The molecule has 0 aromatic rings. The highest BCUT2D eigenvalue weighted by Gasteiger charge is 2.43. The van der Waals surface area contributed by atoms with E-state index in [0.29, 0.717) is 25.9 Å². The Balaban J connectivity index is 2.03. The van der Waals surface area contributed by atoms with Crippen LogP contribution < -0.4 is 5.32 Å². The zero-order chi connectivity index (χ0) is 13.9. The van der Waals surface area contributed by atoms with Crippen molar-refractivity contribution < 1.29 is 14.7 Å². The van der Waals surface area contributed by atoms with Gasteiger partial charge < -0.3 is 15.3 Å². The van der Waals surface area contributed by atoms with Crippen LogP contribution in [0.5, 0.6) is 0 Å². The highest BCUT2D eigenvalue weighted by atomic mass is 16.4. The highest BCUT2D eigenvalue weighted by Crippen LogP contribution is 2.34. The van der Waals surface area contributed by atoms with Crippen LogP contribution in [0.2, 0.25) is 0 Å². The maximum Gasteiger partial charge on any atom is 0.311 e. The van der Waals surface area contributed by atoms with Gasteiger partial charge >= 0.3 is 5.97 Å². The standard InChI is InChI=1S/C14H24N2O3/c1-2-14(13(18)19)7-5-9-16(10-14)12(17)11-6-3-4-8-15-11/h11,15H,2-10H2,1H3,(H,18,19)/t11-,14?/m0/s1. The third kappa shape index (κ3) is 2.91. The van der Waals surface area contributed by atoms with Crippen LogP contribution >= 0.6 is 0 Å². The lowest BCUT2D eigenvalue weighted by molar-refractivity contribution is -0.155. The Bertz CT molecular complexity index is 353. The molecule has 5 heteroatoms. The Morgan fingerprint density at radius 1 is 1.37 bits per heavy atom. The van der Waals surface area contributed by atoms with E-state index in [-0.39, 0.29) is 11.9 Å². The summed E-state index contributed by atoms with van der Waals surface area (Å²) in [5.41, 5.74) is -0.734. The van der Waals surface area contributed by atoms with E-state index >= 15 is 0 Å². The summed E-state index contributed by atoms with van der Waals surface area (Å²) in [6.07, 6.45) is 5.14. The zero-order valence-corrected chi connectivity index (χ0v) is 11.7. The van der Waals surface area contributed by atoms with E-state index in [0.717, 1.165) is 32.2 Å². The summed E-state index contributed by atoms with van der Waals surface area (Å²) in [6, 6.07) is -0.102. The van der Waals surface area contributed by atoms with Gasteiger partial charge in [-0.2, -0.15) is 0 Å². The van der Waals surface area contributed by atoms with Gasteiger partial charge in [0.25, 0.3) is 0 Å². The van der Waals surface area contributed by atoms with Gasteiger partial charge in [0.05, 0.1) is 11.5 Å². The number of amides is 1. The van der Waals surface area contributed by atoms with Crippen molar-refractivity contribution in [3.05, 3.63) is 0 Å². The van der Waals surface area contributed by atoms with E-state index in [4.69, 9.17) is 0 Å². The fraction of sp³-hybridized carbons (Fsp3) is 0.857. The first-order valence-electron chi connectivity index (χ1n) is 7.34. The van der Waals surface area contributed by atoms with Crippen LogP contribution in [0.25, 0.3) is 0 Å². The molecule has 2 fully saturated rings. The van der Waals surface area contributed by atoms with Crippen molar-refractivity contribution in [1.82, 2.24) is 10.2 Å². The minimum Gasteiger partial charge on any atom is -0.481 e. The van der Waals surface area contributed by atoms with E-state index < -0.39 is 11.4 Å². The molecule has 0 bridgehead atoms. The Kier molecular flexibility index (Phi) is 4.45. The smallest absolute Gasteiger partial charge is 0.311 e. The molecule has 0 radical (unpaired) electrons. The van der Waals surface area contributed by atoms with E-state index in [1.54, 1.807) is 4.90 Å². The number of nitrogens with zero attached hydrogens (tertiary/aromatic N) is 1. The zero-order valence-electron chi connectivity index (χ0n) is 11.7. The van der Waals surface area contributed by atoms with E-state index in [1.807, 2.05) is 6.92 Å². The number of aliphatic carboxylic acids is 1. The number of carboxylic acid groups (broad SMARTS) is 1. The average molecular weight is 268 g/mol. The van der Waals surface area contributed by atoms with Crippen LogP contribution in [0.3, 0.4) is 0 Å². The SMILES string of the molecule is CCC1(C(=O)O)CCCN(C(=O)[C@@H]2CCCCN2)C1. The Morgan fingerprint density at radius 2 is 2.16 bits per heavy atom. The first-order valence-corrected chi connectivity index (χ1v) is 7.34. The second-order valence-electron chi connectivity index (χ2n) is 5.80. The number of carbonyl (C=O) groups excluding carboxylic acids is 1. The fourth-order valence-electron chi connectivity index (χ4n) is 3.22. The molecule has 0 spiro atoms. The van der Waals surface area contributed by atoms with Crippen LogP contribution in [0, 0.1) is 5.41 Å². The summed E-state index contributed by atoms with van der Waals surface area (Å²) in [7, 11) is 0. The average Bonchev–Trinajstić information content (AvgIpc) is 2.47. The van der Waals surface area contributed by atoms with Crippen molar-refractivity contribution in [2.45, 2.75) is 51.5 Å². The second kappa shape index (κ2) is 5.90. The number of hydrogen-bond donors (Lipinski definition) is 2. The summed E-state index contributed by atoms with van der Waals surface area (Å²) < 4.78 is 0. The topological polar surface area (TPSA) is 69.6 Å². The summed E-state index contributed by atoms with van der Waals surface area (Å²) in [5.74, 6) is -0.664. The van der Waals surface area contributed by atoms with Crippen molar-refractivity contribution in [2.75, 3.05) is 19.6 Å². The Morgan fingerprint density at radius 3 is 2.74 bits per heavy atom. The van der Waals surface area contributed by atoms with Gasteiger partial charge in [-0.15, -0.1) is 0 Å². The van der Waals surface area contributed by atoms with E-state index in [9.17, 15) is 14.7 Å². The monoisotopic (exact) mass is 268 g/mol. The lowest BCUT2D eigenvalue weighted by Crippen LogP contribution is -2.55. The van der Waals surface area contributed by atoms with Gasteiger partial charge in [0.1, 0.15) is 0 Å². The number of likely N-dealkylation sites (tertiary alicyclic amines) is 1. The summed E-state index contributed by atoms with van der Waals surface area (Å²) in [4.78, 5) is 25.7. The number of hydrogen-bond acceptors (Lipinski definition) is 3. The molecule has 0 aromatic heterocycles. The molecule has 0 saturated carbocycles. The normalized spacial score (nSPS) is 32.1. The quantitative estimate of drug-likeness (QED) is 0.808. The molecule has 1 amide bonds. The van der Waals surface area contributed by atoms with Crippen molar-refractivity contribution in [3.63, 3.8) is 0 Å². The van der Waals surface area contributed by atoms with Crippen molar-refractivity contribution in [3.8, 4) is 0 Å². The van der Waals surface area contributed by atoms with Crippen LogP contribution in [0.4, 0.5) is 0 Å². The fourth-order valence-corrected chi connectivity index (χ4v) is 3.22. The number of carbonyl (C=O) groups is 2. The van der Waals surface area contributed by atoms with Gasteiger partial charge in [-0.25, -0.2) is 0 Å². The molecule has 19 heavy (non-hydrogen) atoms. The van der Waals surface area contributed by atoms with Crippen LogP contribution in [0.1, 0.15) is 45.4 Å². The molecular formula is C14H24N2O3. The molecular weight excluding hydrogens is 244 g/mol. The Hall–Kier alpha value is -1.10. The van der Waals surface area contributed by atoms with E-state index in [2.05, 4.69) is 5.32 Å². The molecule has 108 valence electrons. The van der Waals surface area contributed by atoms with Crippen molar-refractivity contribution >= 4 is 11.9 Å². The third-order valence-corrected chi connectivity index (χ3v) is 4.63. The number of rotatable bonds is 3. The lowest BCUT2D eigenvalue weighted by atomic mass is 9.77. The molecule has 2 atom stereocenters. The van der Waals surface area contributed by atoms with E-state index in [1.165, 1.54) is 0 Å². The molecule has 1 unspecified atom stereocenters. The first kappa shape index (κ1) is 14.3. The molecule has 2 aliphatic heterocycles. The largest absolute Gasteiger partial charge is 0.481 e. The Labute approximate surface area is 114 Å². The van der Waals surface area contributed by atoms with Gasteiger partial charge in [-0.3, -0.25) is 9.59 Å². The first-order chi connectivity index (χ1) is 9.09. The summed E-state index contributed by atoms with van der Waals surface area (Å²) >= 11 is 0. The minimum atomic E-state index is -0.760. The molecule has 2 N–H and O–H groups in total. The van der Waals surface area contributed by atoms with Gasteiger partial charge in [-0.1, -0.05) is 13.3 Å². The van der Waals surface area contributed by atoms with Gasteiger partial charge in [0.2, 0.25) is 5.91 Å². The van der Waals surface area contributed by atoms with Gasteiger partial charge in [0.15, 0.2) is 0 Å². The maximum atomic E-state index is 12.4. The van der Waals surface area contributed by atoms with Crippen LogP contribution in [-0.2, 0) is 9.59 Å². The maximum absolute atomic E-state index is 12.4. The minimum absolute atomic E-state index is 0.0958. The number of carboxylic acids is 1. The molecule has 0 aromatic carbocycles. The number of piperidine rings is 2. The van der Waals surface area contributed by atoms with Gasteiger partial charge in [-0.05, 0) is 38.6 Å². The second-order valence-corrected chi connectivity index (χ2v) is 5.80.